The quantitative estimate of drug-likeness (QED) is 0.764. The highest BCUT2D eigenvalue weighted by Crippen LogP contribution is 2.45. The minimum Gasteiger partial charge on any atom is -0.282 e. The molecule has 1 heterocycles. The first kappa shape index (κ1) is 13.6. The van der Waals surface area contributed by atoms with Crippen molar-refractivity contribution in [3.8, 4) is 6.07 Å². The van der Waals surface area contributed by atoms with Gasteiger partial charge in [-0.1, -0.05) is 44.0 Å². The summed E-state index contributed by atoms with van der Waals surface area (Å²) in [5.41, 5.74) is 2.31. The fourth-order valence-corrected chi connectivity index (χ4v) is 3.99. The topological polar surface area (TPSA) is 27.0 Å². The van der Waals surface area contributed by atoms with Crippen molar-refractivity contribution >= 4 is 0 Å². The van der Waals surface area contributed by atoms with Crippen LogP contribution in [0.1, 0.15) is 62.5 Å². The van der Waals surface area contributed by atoms with Crippen LogP contribution < -0.4 is 0 Å². The average Bonchev–Trinajstić information content (AvgIpc) is 2.78. The lowest BCUT2D eigenvalue weighted by atomic mass is 9.72. The first-order chi connectivity index (χ1) is 9.78. The van der Waals surface area contributed by atoms with Gasteiger partial charge in [-0.15, -0.1) is 0 Å². The molecule has 20 heavy (non-hydrogen) atoms. The Kier molecular flexibility index (Phi) is 3.81. The zero-order chi connectivity index (χ0) is 14.0. The fraction of sp³-hybridized carbons (Fsp3) is 0.611. The van der Waals surface area contributed by atoms with Gasteiger partial charge in [0.25, 0.3) is 0 Å². The maximum absolute atomic E-state index is 10.0. The lowest BCUT2D eigenvalue weighted by molar-refractivity contribution is 0.118. The zero-order valence-corrected chi connectivity index (χ0v) is 12.4. The van der Waals surface area contributed by atoms with Gasteiger partial charge in [0.1, 0.15) is 5.54 Å². The standard InChI is InChI=1S/C18H24N2/c1-15-10-11-18(14-19,17-9-5-4-8-16(15)17)20-12-6-2-3-7-13-20/h4-5,8-9,15H,2-3,6-7,10-13H2,1H3. The van der Waals surface area contributed by atoms with Crippen molar-refractivity contribution < 1.29 is 0 Å². The molecular weight excluding hydrogens is 244 g/mol. The third kappa shape index (κ3) is 2.15. The van der Waals surface area contributed by atoms with Crippen LogP contribution in [-0.4, -0.2) is 18.0 Å². The van der Waals surface area contributed by atoms with Gasteiger partial charge >= 0.3 is 0 Å². The van der Waals surface area contributed by atoms with Crippen molar-refractivity contribution in [1.82, 2.24) is 4.90 Å². The van der Waals surface area contributed by atoms with Crippen molar-refractivity contribution in [3.63, 3.8) is 0 Å². The number of benzene rings is 1. The predicted octanol–water partition coefficient (Wildman–Crippen LogP) is 4.18. The number of likely N-dealkylation sites (tertiary alicyclic amines) is 1. The van der Waals surface area contributed by atoms with Crippen molar-refractivity contribution in [2.75, 3.05) is 13.1 Å². The second-order valence-corrected chi connectivity index (χ2v) is 6.40. The number of hydrogen-bond acceptors (Lipinski definition) is 2. The monoisotopic (exact) mass is 268 g/mol. The van der Waals surface area contributed by atoms with Crippen LogP contribution in [0.5, 0.6) is 0 Å². The molecule has 1 aliphatic heterocycles. The molecule has 1 aromatic rings. The van der Waals surface area contributed by atoms with E-state index in [2.05, 4.69) is 42.2 Å². The van der Waals surface area contributed by atoms with E-state index in [9.17, 15) is 5.26 Å². The zero-order valence-electron chi connectivity index (χ0n) is 12.4. The summed E-state index contributed by atoms with van der Waals surface area (Å²) in [6.07, 6.45) is 7.22. The maximum Gasteiger partial charge on any atom is 0.135 e. The molecule has 2 unspecified atom stereocenters. The molecule has 1 aromatic carbocycles. The van der Waals surface area contributed by atoms with Crippen LogP contribution in [0.2, 0.25) is 0 Å². The van der Waals surface area contributed by atoms with Gasteiger partial charge in [0.15, 0.2) is 0 Å². The SMILES string of the molecule is CC1CCC(C#N)(N2CCCCCC2)c2ccccc21. The lowest BCUT2D eigenvalue weighted by Crippen LogP contribution is -2.48. The second-order valence-electron chi connectivity index (χ2n) is 6.40. The van der Waals surface area contributed by atoms with Crippen LogP contribution in [0.3, 0.4) is 0 Å². The van der Waals surface area contributed by atoms with E-state index in [4.69, 9.17) is 0 Å². The smallest absolute Gasteiger partial charge is 0.135 e. The molecule has 0 radical (unpaired) electrons. The Morgan fingerprint density at radius 1 is 1.15 bits per heavy atom. The Bertz CT molecular complexity index is 508. The first-order valence-electron chi connectivity index (χ1n) is 8.03. The molecule has 0 amide bonds. The minimum absolute atomic E-state index is 0.368. The van der Waals surface area contributed by atoms with Gasteiger partial charge in [-0.2, -0.15) is 5.26 Å². The normalized spacial score (nSPS) is 31.1. The molecule has 0 spiro atoms. The molecule has 1 saturated heterocycles. The highest BCUT2D eigenvalue weighted by molar-refractivity contribution is 5.43. The summed E-state index contributed by atoms with van der Waals surface area (Å²) in [6, 6.07) is 11.4. The Labute approximate surface area is 122 Å². The molecule has 106 valence electrons. The highest BCUT2D eigenvalue weighted by atomic mass is 15.2. The molecular formula is C18H24N2. The Morgan fingerprint density at radius 3 is 2.55 bits per heavy atom. The van der Waals surface area contributed by atoms with E-state index >= 15 is 0 Å². The summed E-state index contributed by atoms with van der Waals surface area (Å²) in [5.74, 6) is 0.583. The van der Waals surface area contributed by atoms with E-state index in [0.29, 0.717) is 5.92 Å². The summed E-state index contributed by atoms with van der Waals surface area (Å²) in [5, 5.41) is 10.0. The predicted molar refractivity (Wildman–Crippen MR) is 81.4 cm³/mol. The molecule has 2 heteroatoms. The largest absolute Gasteiger partial charge is 0.282 e. The van der Waals surface area contributed by atoms with Gasteiger partial charge in [-0.3, -0.25) is 4.90 Å². The Morgan fingerprint density at radius 2 is 1.85 bits per heavy atom. The molecule has 1 fully saturated rings. The number of nitriles is 1. The van der Waals surface area contributed by atoms with Crippen LogP contribution in [-0.2, 0) is 5.54 Å². The van der Waals surface area contributed by atoms with E-state index in [0.717, 1.165) is 25.9 Å². The van der Waals surface area contributed by atoms with Crippen molar-refractivity contribution in [3.05, 3.63) is 35.4 Å². The lowest BCUT2D eigenvalue weighted by Gasteiger charge is -2.44. The van der Waals surface area contributed by atoms with Gasteiger partial charge in [0.05, 0.1) is 6.07 Å². The Hall–Kier alpha value is -1.33. The van der Waals surface area contributed by atoms with E-state index < -0.39 is 0 Å². The fourth-order valence-electron chi connectivity index (χ4n) is 3.99. The van der Waals surface area contributed by atoms with Crippen molar-refractivity contribution in [2.45, 2.75) is 56.9 Å². The molecule has 0 N–H and O–H groups in total. The third-order valence-corrected chi connectivity index (χ3v) is 5.21. The molecule has 2 aliphatic rings. The molecule has 0 bridgehead atoms. The first-order valence-corrected chi connectivity index (χ1v) is 8.03. The van der Waals surface area contributed by atoms with Crippen LogP contribution in [0.4, 0.5) is 0 Å². The number of nitrogens with zero attached hydrogens (tertiary/aromatic N) is 2. The summed E-state index contributed by atoms with van der Waals surface area (Å²) in [4.78, 5) is 2.48. The van der Waals surface area contributed by atoms with Crippen LogP contribution in [0.25, 0.3) is 0 Å². The van der Waals surface area contributed by atoms with Gasteiger partial charge < -0.3 is 0 Å². The maximum atomic E-state index is 10.0. The summed E-state index contributed by atoms with van der Waals surface area (Å²) >= 11 is 0. The van der Waals surface area contributed by atoms with E-state index in [-0.39, 0.29) is 5.54 Å². The van der Waals surface area contributed by atoms with E-state index in [1.165, 1.54) is 36.8 Å². The molecule has 1 aliphatic carbocycles. The molecule has 2 atom stereocenters. The third-order valence-electron chi connectivity index (χ3n) is 5.21. The minimum atomic E-state index is -0.368. The summed E-state index contributed by atoms with van der Waals surface area (Å²) in [7, 11) is 0. The number of rotatable bonds is 1. The van der Waals surface area contributed by atoms with Crippen molar-refractivity contribution in [2.24, 2.45) is 0 Å². The highest BCUT2D eigenvalue weighted by Gasteiger charge is 2.43. The molecule has 3 rings (SSSR count). The van der Waals surface area contributed by atoms with Crippen LogP contribution in [0.15, 0.2) is 24.3 Å². The van der Waals surface area contributed by atoms with Gasteiger partial charge in [-0.05, 0) is 55.8 Å². The summed E-state index contributed by atoms with van der Waals surface area (Å²) < 4.78 is 0. The van der Waals surface area contributed by atoms with Crippen LogP contribution >= 0.6 is 0 Å². The summed E-state index contributed by atoms with van der Waals surface area (Å²) in [6.45, 7) is 4.45. The van der Waals surface area contributed by atoms with Crippen molar-refractivity contribution in [1.29, 1.82) is 5.26 Å². The van der Waals surface area contributed by atoms with E-state index in [1.54, 1.807) is 0 Å². The number of hydrogen-bond donors (Lipinski definition) is 0. The molecule has 2 nitrogen and oxygen atoms in total. The number of fused-ring (bicyclic) bond motifs is 1. The Balaban J connectivity index is 2.04. The average molecular weight is 268 g/mol. The van der Waals surface area contributed by atoms with Gasteiger partial charge in [-0.25, -0.2) is 0 Å². The molecule has 0 saturated carbocycles. The van der Waals surface area contributed by atoms with Gasteiger partial charge in [0, 0.05) is 0 Å². The second kappa shape index (κ2) is 5.58. The van der Waals surface area contributed by atoms with E-state index in [1.807, 2.05) is 0 Å². The van der Waals surface area contributed by atoms with Crippen LogP contribution in [0, 0.1) is 11.3 Å². The molecule has 0 aromatic heterocycles. The van der Waals surface area contributed by atoms with Gasteiger partial charge in [0.2, 0.25) is 0 Å².